The molecule has 1 aliphatic heterocycles. The maximum atomic E-state index is 13.4. The van der Waals surface area contributed by atoms with Crippen molar-refractivity contribution in [3.8, 4) is 6.07 Å². The Kier molecular flexibility index (Phi) is 5.05. The van der Waals surface area contributed by atoms with Crippen LogP contribution < -0.4 is 15.8 Å². The molecule has 3 aromatic rings. The number of fused-ring (bicyclic) bond motifs is 1. The van der Waals surface area contributed by atoms with Gasteiger partial charge in [0.25, 0.3) is 11.5 Å². The first kappa shape index (κ1) is 21.2. The SMILES string of the molecule is Cc1cc(C(C)Nc2ccccc2C(=O)O)c2nc(N3CC(F)(F)C3)c(C#N)c(=O)n2c1. The van der Waals surface area contributed by atoms with E-state index >= 15 is 0 Å². The molecule has 0 radical (unpaired) electrons. The summed E-state index contributed by atoms with van der Waals surface area (Å²) in [4.78, 5) is 30.2. The number of aryl methyl sites for hydroxylation is 1. The number of rotatable bonds is 5. The number of nitrogens with zero attached hydrogens (tertiary/aromatic N) is 4. The van der Waals surface area contributed by atoms with Crippen molar-refractivity contribution in [2.24, 2.45) is 0 Å². The predicted molar refractivity (Wildman–Crippen MR) is 114 cm³/mol. The van der Waals surface area contributed by atoms with E-state index in [1.54, 1.807) is 44.2 Å². The van der Waals surface area contributed by atoms with Gasteiger partial charge in [-0.2, -0.15) is 5.26 Å². The van der Waals surface area contributed by atoms with E-state index in [0.29, 0.717) is 16.8 Å². The summed E-state index contributed by atoms with van der Waals surface area (Å²) in [5, 5.41) is 22.1. The number of carbonyl (C=O) groups is 1. The molecule has 0 aliphatic carbocycles. The number of hydrogen-bond acceptors (Lipinski definition) is 6. The minimum absolute atomic E-state index is 0.0772. The number of aromatic carboxylic acids is 1. The highest BCUT2D eigenvalue weighted by atomic mass is 19.3. The number of anilines is 2. The third-order valence-electron chi connectivity index (χ3n) is 5.32. The quantitative estimate of drug-likeness (QED) is 0.628. The standard InChI is InChI=1S/C22H19F2N5O3/c1-12-7-15(13(2)26-17-6-4-3-5-14(17)21(31)32)19-27-18(28-10-22(23,24)11-28)16(8-25)20(30)29(19)9-12/h3-7,9,13,26H,10-11H2,1-2H3,(H,31,32). The minimum Gasteiger partial charge on any atom is -0.478 e. The molecule has 4 rings (SSSR count). The van der Waals surface area contributed by atoms with E-state index in [9.17, 15) is 28.7 Å². The van der Waals surface area contributed by atoms with Crippen LogP contribution in [0.4, 0.5) is 20.3 Å². The molecule has 0 spiro atoms. The number of para-hydroxylation sites is 1. The van der Waals surface area contributed by atoms with Gasteiger partial charge in [0.05, 0.1) is 24.7 Å². The first-order valence-corrected chi connectivity index (χ1v) is 9.80. The fourth-order valence-electron chi connectivity index (χ4n) is 3.81. The molecule has 0 saturated carbocycles. The molecule has 164 valence electrons. The van der Waals surface area contributed by atoms with Crippen LogP contribution in [-0.4, -0.2) is 39.5 Å². The topological polar surface area (TPSA) is 111 Å². The summed E-state index contributed by atoms with van der Waals surface area (Å²) in [6.45, 7) is 2.30. The van der Waals surface area contributed by atoms with E-state index in [2.05, 4.69) is 10.3 Å². The molecule has 1 unspecified atom stereocenters. The Morgan fingerprint density at radius 1 is 1.34 bits per heavy atom. The smallest absolute Gasteiger partial charge is 0.337 e. The van der Waals surface area contributed by atoms with Crippen molar-refractivity contribution in [1.82, 2.24) is 9.38 Å². The Balaban J connectivity index is 1.85. The number of carboxylic acids is 1. The van der Waals surface area contributed by atoms with Crippen LogP contribution in [0.25, 0.3) is 5.65 Å². The van der Waals surface area contributed by atoms with Crippen LogP contribution in [0.15, 0.2) is 41.3 Å². The van der Waals surface area contributed by atoms with Gasteiger partial charge < -0.3 is 15.3 Å². The van der Waals surface area contributed by atoms with E-state index in [4.69, 9.17) is 0 Å². The molecule has 3 heterocycles. The van der Waals surface area contributed by atoms with Gasteiger partial charge in [0, 0.05) is 17.4 Å². The van der Waals surface area contributed by atoms with Crippen molar-refractivity contribution in [3.05, 3.63) is 69.1 Å². The van der Waals surface area contributed by atoms with E-state index < -0.39 is 36.6 Å². The normalized spacial score (nSPS) is 15.7. The first-order valence-electron chi connectivity index (χ1n) is 9.80. The summed E-state index contributed by atoms with van der Waals surface area (Å²) in [7, 11) is 0. The Labute approximate surface area is 181 Å². The molecule has 1 fully saturated rings. The van der Waals surface area contributed by atoms with Gasteiger partial charge in [0.1, 0.15) is 11.7 Å². The molecular weight excluding hydrogens is 420 g/mol. The molecule has 10 heteroatoms. The number of alkyl halides is 2. The molecule has 8 nitrogen and oxygen atoms in total. The van der Waals surface area contributed by atoms with Gasteiger partial charge in [-0.15, -0.1) is 0 Å². The maximum absolute atomic E-state index is 13.4. The molecule has 1 aromatic carbocycles. The lowest BCUT2D eigenvalue weighted by Gasteiger charge is -2.39. The number of halogens is 2. The summed E-state index contributed by atoms with van der Waals surface area (Å²) < 4.78 is 28.1. The summed E-state index contributed by atoms with van der Waals surface area (Å²) in [6, 6.07) is 9.49. The maximum Gasteiger partial charge on any atom is 0.337 e. The summed E-state index contributed by atoms with van der Waals surface area (Å²) in [5.74, 6) is -4.07. The summed E-state index contributed by atoms with van der Waals surface area (Å²) in [6.07, 6.45) is 1.53. The Hall–Kier alpha value is -4.00. The summed E-state index contributed by atoms with van der Waals surface area (Å²) in [5.41, 5.74) is 0.987. The fourth-order valence-corrected chi connectivity index (χ4v) is 3.81. The largest absolute Gasteiger partial charge is 0.478 e. The lowest BCUT2D eigenvalue weighted by atomic mass is 10.1. The Morgan fingerprint density at radius 2 is 2.03 bits per heavy atom. The second-order valence-corrected chi connectivity index (χ2v) is 7.82. The minimum atomic E-state index is -2.90. The number of carboxylic acid groups (broad SMARTS) is 1. The van der Waals surface area contributed by atoms with E-state index in [-0.39, 0.29) is 22.6 Å². The predicted octanol–water partition coefficient (Wildman–Crippen LogP) is 3.20. The van der Waals surface area contributed by atoms with E-state index in [1.165, 1.54) is 21.6 Å². The average molecular weight is 439 g/mol. The van der Waals surface area contributed by atoms with Crippen LogP contribution in [0.1, 0.15) is 40.0 Å². The lowest BCUT2D eigenvalue weighted by molar-refractivity contribution is -0.0267. The van der Waals surface area contributed by atoms with Crippen molar-refractivity contribution >= 4 is 23.1 Å². The van der Waals surface area contributed by atoms with Crippen LogP contribution in [0.5, 0.6) is 0 Å². The van der Waals surface area contributed by atoms with Crippen LogP contribution in [0.3, 0.4) is 0 Å². The van der Waals surface area contributed by atoms with Crippen molar-refractivity contribution < 1.29 is 18.7 Å². The summed E-state index contributed by atoms with van der Waals surface area (Å²) >= 11 is 0. The van der Waals surface area contributed by atoms with Crippen LogP contribution >= 0.6 is 0 Å². The third kappa shape index (κ3) is 3.62. The molecular formula is C22H19F2N5O3. The van der Waals surface area contributed by atoms with E-state index in [0.717, 1.165) is 0 Å². The van der Waals surface area contributed by atoms with Crippen LogP contribution in [0.2, 0.25) is 0 Å². The monoisotopic (exact) mass is 439 g/mol. The van der Waals surface area contributed by atoms with Gasteiger partial charge in [-0.1, -0.05) is 12.1 Å². The van der Waals surface area contributed by atoms with Gasteiger partial charge in [-0.3, -0.25) is 9.20 Å². The zero-order valence-corrected chi connectivity index (χ0v) is 17.3. The Bertz CT molecular complexity index is 1340. The van der Waals surface area contributed by atoms with Gasteiger partial charge in [0.15, 0.2) is 11.4 Å². The van der Waals surface area contributed by atoms with Gasteiger partial charge in [-0.25, -0.2) is 18.6 Å². The van der Waals surface area contributed by atoms with Gasteiger partial charge >= 0.3 is 5.97 Å². The zero-order chi connectivity index (χ0) is 23.2. The average Bonchev–Trinajstić information content (AvgIpc) is 2.72. The van der Waals surface area contributed by atoms with Crippen molar-refractivity contribution in [3.63, 3.8) is 0 Å². The number of hydrogen-bond donors (Lipinski definition) is 2. The van der Waals surface area contributed by atoms with E-state index in [1.807, 2.05) is 0 Å². The van der Waals surface area contributed by atoms with Crippen molar-refractivity contribution in [1.29, 1.82) is 5.26 Å². The fraction of sp³-hybridized carbons (Fsp3) is 0.273. The highest BCUT2D eigenvalue weighted by Crippen LogP contribution is 2.33. The lowest BCUT2D eigenvalue weighted by Crippen LogP contribution is -2.57. The first-order chi connectivity index (χ1) is 15.1. The number of nitrogens with one attached hydrogen (secondary N) is 1. The second kappa shape index (κ2) is 7.60. The Morgan fingerprint density at radius 3 is 2.66 bits per heavy atom. The van der Waals surface area contributed by atoms with Gasteiger partial charge in [-0.05, 0) is 37.6 Å². The molecule has 32 heavy (non-hydrogen) atoms. The molecule has 0 bridgehead atoms. The second-order valence-electron chi connectivity index (χ2n) is 7.82. The molecule has 2 aromatic heterocycles. The molecule has 1 atom stereocenters. The highest BCUT2D eigenvalue weighted by molar-refractivity contribution is 5.94. The highest BCUT2D eigenvalue weighted by Gasteiger charge is 2.45. The number of pyridine rings is 1. The van der Waals surface area contributed by atoms with Crippen molar-refractivity contribution in [2.75, 3.05) is 23.3 Å². The number of nitriles is 1. The number of aromatic nitrogens is 2. The third-order valence-corrected chi connectivity index (χ3v) is 5.32. The number of benzene rings is 1. The molecule has 1 saturated heterocycles. The van der Waals surface area contributed by atoms with Gasteiger partial charge in [0.2, 0.25) is 0 Å². The van der Waals surface area contributed by atoms with Crippen molar-refractivity contribution in [2.45, 2.75) is 25.8 Å². The van der Waals surface area contributed by atoms with Crippen LogP contribution in [-0.2, 0) is 0 Å². The zero-order valence-electron chi connectivity index (χ0n) is 17.3. The molecule has 0 amide bonds. The molecule has 1 aliphatic rings. The van der Waals surface area contributed by atoms with Crippen LogP contribution in [0, 0.1) is 18.3 Å². The molecule has 2 N–H and O–H groups in total.